The summed E-state index contributed by atoms with van der Waals surface area (Å²) in [4.78, 5) is 0. The molecule has 0 unspecified atom stereocenters. The van der Waals surface area contributed by atoms with Crippen molar-refractivity contribution in [2.24, 2.45) is 5.73 Å². The van der Waals surface area contributed by atoms with Crippen LogP contribution in [0.4, 0.5) is 0 Å². The standard InChI is InChI=1S/C5H8N2/c6-5-1-3-7-4-2-5/h1-3,7H,4,6H2. The molecule has 0 amide bonds. The molecular formula is C5H8N2. The number of hydrogen-bond donors (Lipinski definition) is 2. The average Bonchev–Trinajstić information content (AvgIpc) is 1.69. The lowest BCUT2D eigenvalue weighted by Gasteiger charge is -2.00. The lowest BCUT2D eigenvalue weighted by Crippen LogP contribution is -2.11. The van der Waals surface area contributed by atoms with Gasteiger partial charge in [0.1, 0.15) is 0 Å². The third-order valence-corrected chi connectivity index (χ3v) is 0.849. The van der Waals surface area contributed by atoms with Crippen LogP contribution >= 0.6 is 0 Å². The highest BCUT2D eigenvalue weighted by molar-refractivity contribution is 5.17. The zero-order valence-corrected chi connectivity index (χ0v) is 4.02. The molecule has 2 heteroatoms. The van der Waals surface area contributed by atoms with Crippen LogP contribution in [0.1, 0.15) is 0 Å². The number of nitrogens with one attached hydrogen (secondary N) is 1. The first kappa shape index (κ1) is 4.24. The molecule has 2 nitrogen and oxygen atoms in total. The molecule has 0 aromatic rings. The van der Waals surface area contributed by atoms with Crippen LogP contribution in [0.15, 0.2) is 24.0 Å². The number of dihydropyridines is 1. The fourth-order valence-corrected chi connectivity index (χ4v) is 0.468. The summed E-state index contributed by atoms with van der Waals surface area (Å²) in [6, 6.07) is 0. The van der Waals surface area contributed by atoms with Crippen molar-refractivity contribution in [1.82, 2.24) is 5.32 Å². The Hall–Kier alpha value is -0.920. The SMILES string of the molecule is NC1=CCNC=C1. The normalized spacial score (nSPS) is 18.0. The first-order valence-electron chi connectivity index (χ1n) is 2.25. The molecule has 0 bridgehead atoms. The minimum atomic E-state index is 0.846. The first-order valence-corrected chi connectivity index (χ1v) is 2.25. The maximum atomic E-state index is 5.37. The zero-order valence-electron chi connectivity index (χ0n) is 4.02. The number of rotatable bonds is 0. The molecule has 0 saturated heterocycles. The van der Waals surface area contributed by atoms with Gasteiger partial charge in [0.15, 0.2) is 0 Å². The van der Waals surface area contributed by atoms with E-state index >= 15 is 0 Å². The zero-order chi connectivity index (χ0) is 5.11. The maximum absolute atomic E-state index is 5.37. The van der Waals surface area contributed by atoms with Gasteiger partial charge in [-0.3, -0.25) is 0 Å². The molecule has 1 heterocycles. The lowest BCUT2D eigenvalue weighted by atomic mass is 10.3. The fourth-order valence-electron chi connectivity index (χ4n) is 0.468. The molecule has 0 aliphatic carbocycles. The van der Waals surface area contributed by atoms with Gasteiger partial charge < -0.3 is 11.1 Å². The highest BCUT2D eigenvalue weighted by Crippen LogP contribution is 1.87. The first-order chi connectivity index (χ1) is 3.39. The van der Waals surface area contributed by atoms with Crippen LogP contribution in [-0.2, 0) is 0 Å². The van der Waals surface area contributed by atoms with Gasteiger partial charge in [-0.05, 0) is 18.4 Å². The summed E-state index contributed by atoms with van der Waals surface area (Å²) in [5.41, 5.74) is 6.22. The van der Waals surface area contributed by atoms with Crippen LogP contribution < -0.4 is 11.1 Å². The van der Waals surface area contributed by atoms with Crippen LogP contribution in [0.25, 0.3) is 0 Å². The second kappa shape index (κ2) is 1.69. The Kier molecular flexibility index (Phi) is 1.02. The van der Waals surface area contributed by atoms with E-state index in [1.807, 2.05) is 18.4 Å². The molecule has 7 heavy (non-hydrogen) atoms. The minimum Gasteiger partial charge on any atom is -0.399 e. The summed E-state index contributed by atoms with van der Waals surface area (Å²) >= 11 is 0. The average molecular weight is 96.1 g/mol. The van der Waals surface area contributed by atoms with E-state index in [9.17, 15) is 0 Å². The highest BCUT2D eigenvalue weighted by Gasteiger charge is 1.84. The summed E-state index contributed by atoms with van der Waals surface area (Å²) in [6.07, 6.45) is 5.61. The van der Waals surface area contributed by atoms with E-state index in [1.165, 1.54) is 0 Å². The summed E-state index contributed by atoms with van der Waals surface area (Å²) in [5.74, 6) is 0. The molecule has 0 saturated carbocycles. The van der Waals surface area contributed by atoms with Gasteiger partial charge in [0.05, 0.1) is 0 Å². The Morgan fingerprint density at radius 3 is 2.86 bits per heavy atom. The Bertz CT molecular complexity index is 113. The lowest BCUT2D eigenvalue weighted by molar-refractivity contribution is 0.954. The molecule has 0 aromatic heterocycles. The fraction of sp³-hybridized carbons (Fsp3) is 0.200. The van der Waals surface area contributed by atoms with Crippen molar-refractivity contribution in [2.75, 3.05) is 6.54 Å². The topological polar surface area (TPSA) is 38.0 Å². The van der Waals surface area contributed by atoms with Crippen LogP contribution in [0.2, 0.25) is 0 Å². The van der Waals surface area contributed by atoms with Crippen molar-refractivity contribution in [3.63, 3.8) is 0 Å². The van der Waals surface area contributed by atoms with E-state index in [4.69, 9.17) is 5.73 Å². The van der Waals surface area contributed by atoms with Crippen LogP contribution in [0.5, 0.6) is 0 Å². The third-order valence-electron chi connectivity index (χ3n) is 0.849. The van der Waals surface area contributed by atoms with Crippen molar-refractivity contribution in [3.05, 3.63) is 24.0 Å². The smallest absolute Gasteiger partial charge is 0.0348 e. The Labute approximate surface area is 42.7 Å². The van der Waals surface area contributed by atoms with E-state index in [2.05, 4.69) is 5.32 Å². The third kappa shape index (κ3) is 0.961. The monoisotopic (exact) mass is 96.1 g/mol. The van der Waals surface area contributed by atoms with Gasteiger partial charge in [-0.15, -0.1) is 0 Å². The van der Waals surface area contributed by atoms with Gasteiger partial charge >= 0.3 is 0 Å². The van der Waals surface area contributed by atoms with Gasteiger partial charge in [0.25, 0.3) is 0 Å². The van der Waals surface area contributed by atoms with Crippen molar-refractivity contribution in [3.8, 4) is 0 Å². The van der Waals surface area contributed by atoms with Crippen molar-refractivity contribution in [2.45, 2.75) is 0 Å². The molecule has 0 spiro atoms. The van der Waals surface area contributed by atoms with Crippen molar-refractivity contribution in [1.29, 1.82) is 0 Å². The molecule has 0 aromatic carbocycles. The summed E-state index contributed by atoms with van der Waals surface area (Å²) < 4.78 is 0. The molecule has 1 aliphatic heterocycles. The van der Waals surface area contributed by atoms with Crippen molar-refractivity contribution < 1.29 is 0 Å². The molecule has 0 radical (unpaired) electrons. The van der Waals surface area contributed by atoms with Gasteiger partial charge in [-0.1, -0.05) is 0 Å². The van der Waals surface area contributed by atoms with E-state index < -0.39 is 0 Å². The predicted octanol–water partition coefficient (Wildman–Crippen LogP) is -0.0541. The molecule has 3 N–H and O–H groups in total. The van der Waals surface area contributed by atoms with Crippen LogP contribution in [0, 0.1) is 0 Å². The molecule has 1 rings (SSSR count). The van der Waals surface area contributed by atoms with Gasteiger partial charge in [0.2, 0.25) is 0 Å². The summed E-state index contributed by atoms with van der Waals surface area (Å²) in [5, 5.41) is 2.98. The Balaban J connectivity index is 2.58. The van der Waals surface area contributed by atoms with E-state index in [1.54, 1.807) is 0 Å². The molecule has 38 valence electrons. The highest BCUT2D eigenvalue weighted by atomic mass is 14.8. The van der Waals surface area contributed by atoms with Crippen LogP contribution in [-0.4, -0.2) is 6.54 Å². The second-order valence-electron chi connectivity index (χ2n) is 1.45. The van der Waals surface area contributed by atoms with E-state index in [-0.39, 0.29) is 0 Å². The minimum absolute atomic E-state index is 0.846. The summed E-state index contributed by atoms with van der Waals surface area (Å²) in [6.45, 7) is 0.863. The quantitative estimate of drug-likeness (QED) is 0.443. The van der Waals surface area contributed by atoms with Gasteiger partial charge in [-0.25, -0.2) is 0 Å². The van der Waals surface area contributed by atoms with E-state index in [0.717, 1.165) is 12.2 Å². The molecular weight excluding hydrogens is 88.1 g/mol. The number of nitrogens with two attached hydrogens (primary N) is 1. The predicted molar refractivity (Wildman–Crippen MR) is 29.4 cm³/mol. The molecule has 1 aliphatic rings. The Morgan fingerprint density at radius 2 is 2.57 bits per heavy atom. The Morgan fingerprint density at radius 1 is 1.71 bits per heavy atom. The second-order valence-corrected chi connectivity index (χ2v) is 1.45. The molecule has 0 atom stereocenters. The van der Waals surface area contributed by atoms with E-state index in [0.29, 0.717) is 0 Å². The van der Waals surface area contributed by atoms with Crippen LogP contribution in [0.3, 0.4) is 0 Å². The number of hydrogen-bond acceptors (Lipinski definition) is 2. The largest absolute Gasteiger partial charge is 0.399 e. The maximum Gasteiger partial charge on any atom is 0.0348 e. The van der Waals surface area contributed by atoms with Gasteiger partial charge in [0, 0.05) is 12.2 Å². The summed E-state index contributed by atoms with van der Waals surface area (Å²) in [7, 11) is 0. The van der Waals surface area contributed by atoms with Gasteiger partial charge in [-0.2, -0.15) is 0 Å². The van der Waals surface area contributed by atoms with Crippen molar-refractivity contribution >= 4 is 0 Å². The molecule has 0 fully saturated rings. The number of allylic oxidation sites excluding steroid dienone is 1.